The van der Waals surface area contributed by atoms with Gasteiger partial charge in [-0.05, 0) is 18.1 Å². The monoisotopic (exact) mass is 208 g/mol. The second-order valence-electron chi connectivity index (χ2n) is 2.15. The van der Waals surface area contributed by atoms with Crippen LogP contribution in [0.1, 0.15) is 5.56 Å². The molecule has 0 N–H and O–H groups in total. The van der Waals surface area contributed by atoms with E-state index in [0.717, 1.165) is 12.0 Å². The molecule has 0 amide bonds. The summed E-state index contributed by atoms with van der Waals surface area (Å²) in [7, 11) is 0. The molecule has 0 aliphatic heterocycles. The zero-order chi connectivity index (χ0) is 8.27. The molecule has 0 saturated carbocycles. The molecule has 1 aromatic rings. The van der Waals surface area contributed by atoms with Gasteiger partial charge in [0, 0.05) is 5.88 Å². The summed E-state index contributed by atoms with van der Waals surface area (Å²) in [5.74, 6) is 0.570. The van der Waals surface area contributed by atoms with Crippen molar-refractivity contribution in [3.05, 3.63) is 33.8 Å². The van der Waals surface area contributed by atoms with Crippen molar-refractivity contribution in [3.63, 3.8) is 0 Å². The highest BCUT2D eigenvalue weighted by atomic mass is 35.5. The van der Waals surface area contributed by atoms with E-state index in [2.05, 4.69) is 0 Å². The van der Waals surface area contributed by atoms with Gasteiger partial charge in [0.05, 0.1) is 10.0 Å². The third-order valence-electron chi connectivity index (χ3n) is 1.40. The zero-order valence-electron chi connectivity index (χ0n) is 5.78. The molecule has 0 bridgehead atoms. The van der Waals surface area contributed by atoms with Crippen LogP contribution in [-0.2, 0) is 6.42 Å². The lowest BCUT2D eigenvalue weighted by molar-refractivity contribution is 1.15. The van der Waals surface area contributed by atoms with Crippen LogP contribution in [0.2, 0.25) is 10.0 Å². The van der Waals surface area contributed by atoms with E-state index in [1.165, 1.54) is 0 Å². The number of alkyl halides is 1. The molecule has 0 unspecified atom stereocenters. The number of rotatable bonds is 2. The topological polar surface area (TPSA) is 0 Å². The van der Waals surface area contributed by atoms with Crippen LogP contribution in [-0.4, -0.2) is 5.88 Å². The first-order chi connectivity index (χ1) is 5.25. The highest BCUT2D eigenvalue weighted by Gasteiger charge is 2.02. The van der Waals surface area contributed by atoms with Crippen molar-refractivity contribution >= 4 is 34.8 Å². The molecular formula is C8H7Cl3. The van der Waals surface area contributed by atoms with Gasteiger partial charge in [-0.1, -0.05) is 35.3 Å². The molecule has 0 spiro atoms. The Morgan fingerprint density at radius 3 is 2.55 bits per heavy atom. The second-order valence-corrected chi connectivity index (χ2v) is 3.32. The van der Waals surface area contributed by atoms with Crippen LogP contribution >= 0.6 is 34.8 Å². The van der Waals surface area contributed by atoms with Gasteiger partial charge < -0.3 is 0 Å². The van der Waals surface area contributed by atoms with E-state index in [-0.39, 0.29) is 0 Å². The first-order valence-electron chi connectivity index (χ1n) is 3.24. The Bertz CT molecular complexity index is 245. The Hall–Kier alpha value is 0.0900. The molecule has 0 aromatic heterocycles. The van der Waals surface area contributed by atoms with Gasteiger partial charge >= 0.3 is 0 Å². The Kier molecular flexibility index (Phi) is 3.50. The summed E-state index contributed by atoms with van der Waals surface area (Å²) in [4.78, 5) is 0. The Labute approximate surface area is 81.1 Å². The largest absolute Gasteiger partial charge is 0.126 e. The van der Waals surface area contributed by atoms with Crippen molar-refractivity contribution in [2.75, 3.05) is 5.88 Å². The second kappa shape index (κ2) is 4.20. The molecule has 1 rings (SSSR count). The molecule has 60 valence electrons. The molecule has 0 radical (unpaired) electrons. The summed E-state index contributed by atoms with van der Waals surface area (Å²) in [6.07, 6.45) is 0.765. The van der Waals surface area contributed by atoms with Crippen molar-refractivity contribution < 1.29 is 0 Å². The third kappa shape index (κ3) is 2.26. The minimum Gasteiger partial charge on any atom is -0.126 e. The van der Waals surface area contributed by atoms with Gasteiger partial charge in [-0.2, -0.15) is 0 Å². The van der Waals surface area contributed by atoms with Crippen LogP contribution in [0.3, 0.4) is 0 Å². The van der Waals surface area contributed by atoms with Gasteiger partial charge in [-0.25, -0.2) is 0 Å². The maximum atomic E-state index is 5.88. The van der Waals surface area contributed by atoms with Crippen molar-refractivity contribution in [1.82, 2.24) is 0 Å². The summed E-state index contributed by atoms with van der Waals surface area (Å²) in [5.41, 5.74) is 1.01. The minimum atomic E-state index is 0.570. The van der Waals surface area contributed by atoms with E-state index in [9.17, 15) is 0 Å². The van der Waals surface area contributed by atoms with Crippen LogP contribution in [0, 0.1) is 0 Å². The molecule has 0 aliphatic carbocycles. The third-order valence-corrected chi connectivity index (χ3v) is 2.44. The Morgan fingerprint density at radius 1 is 1.18 bits per heavy atom. The molecule has 0 heterocycles. The van der Waals surface area contributed by atoms with E-state index >= 15 is 0 Å². The fraction of sp³-hybridized carbons (Fsp3) is 0.250. The smallest absolute Gasteiger partial charge is 0.0624 e. The number of hydrogen-bond donors (Lipinski definition) is 0. The molecule has 0 nitrogen and oxygen atoms in total. The number of hydrogen-bond acceptors (Lipinski definition) is 0. The molecule has 0 saturated heterocycles. The average molecular weight is 210 g/mol. The molecule has 1 aromatic carbocycles. The summed E-state index contributed by atoms with van der Waals surface area (Å²) in [6.45, 7) is 0. The number of aryl methyl sites for hydroxylation is 1. The van der Waals surface area contributed by atoms with Gasteiger partial charge in [-0.3, -0.25) is 0 Å². The SMILES string of the molecule is ClCCc1cccc(Cl)c1Cl. The van der Waals surface area contributed by atoms with E-state index in [0.29, 0.717) is 15.9 Å². The van der Waals surface area contributed by atoms with Gasteiger partial charge in [0.2, 0.25) is 0 Å². The summed E-state index contributed by atoms with van der Waals surface area (Å²) in [6, 6.07) is 5.56. The van der Waals surface area contributed by atoms with Gasteiger partial charge in [-0.15, -0.1) is 11.6 Å². The molecule has 0 atom stereocenters. The van der Waals surface area contributed by atoms with Crippen molar-refractivity contribution in [3.8, 4) is 0 Å². The van der Waals surface area contributed by atoms with E-state index in [1.54, 1.807) is 6.07 Å². The first-order valence-corrected chi connectivity index (χ1v) is 4.53. The van der Waals surface area contributed by atoms with Gasteiger partial charge in [0.15, 0.2) is 0 Å². The van der Waals surface area contributed by atoms with E-state index < -0.39 is 0 Å². The first kappa shape index (κ1) is 9.18. The highest BCUT2D eigenvalue weighted by molar-refractivity contribution is 6.42. The van der Waals surface area contributed by atoms with Gasteiger partial charge in [0.25, 0.3) is 0 Å². The van der Waals surface area contributed by atoms with Gasteiger partial charge in [0.1, 0.15) is 0 Å². The van der Waals surface area contributed by atoms with Crippen LogP contribution in [0.25, 0.3) is 0 Å². The average Bonchev–Trinajstić information content (AvgIpc) is 1.99. The zero-order valence-corrected chi connectivity index (χ0v) is 8.05. The Morgan fingerprint density at radius 2 is 1.91 bits per heavy atom. The maximum absolute atomic E-state index is 5.88. The molecular weight excluding hydrogens is 202 g/mol. The fourth-order valence-electron chi connectivity index (χ4n) is 0.843. The lowest BCUT2D eigenvalue weighted by atomic mass is 10.2. The normalized spacial score (nSPS) is 10.1. The quantitative estimate of drug-likeness (QED) is 0.651. The Balaban J connectivity index is 2.96. The number of halogens is 3. The van der Waals surface area contributed by atoms with E-state index in [4.69, 9.17) is 34.8 Å². The molecule has 3 heteroatoms. The molecule has 11 heavy (non-hydrogen) atoms. The van der Waals surface area contributed by atoms with Crippen LogP contribution in [0.15, 0.2) is 18.2 Å². The number of benzene rings is 1. The fourth-order valence-corrected chi connectivity index (χ4v) is 1.46. The molecule has 0 fully saturated rings. The predicted molar refractivity (Wildman–Crippen MR) is 50.9 cm³/mol. The lowest BCUT2D eigenvalue weighted by Gasteiger charge is -2.01. The van der Waals surface area contributed by atoms with Crippen LogP contribution in [0.4, 0.5) is 0 Å². The van der Waals surface area contributed by atoms with Crippen molar-refractivity contribution in [1.29, 1.82) is 0 Å². The maximum Gasteiger partial charge on any atom is 0.0624 e. The van der Waals surface area contributed by atoms with Crippen molar-refractivity contribution in [2.24, 2.45) is 0 Å². The summed E-state index contributed by atoms with van der Waals surface area (Å²) < 4.78 is 0. The minimum absolute atomic E-state index is 0.570. The van der Waals surface area contributed by atoms with Crippen molar-refractivity contribution in [2.45, 2.75) is 6.42 Å². The molecule has 0 aliphatic rings. The van der Waals surface area contributed by atoms with Crippen LogP contribution < -0.4 is 0 Å². The lowest BCUT2D eigenvalue weighted by Crippen LogP contribution is -1.87. The summed E-state index contributed by atoms with van der Waals surface area (Å²) >= 11 is 17.2. The predicted octanol–water partition coefficient (Wildman–Crippen LogP) is 3.77. The standard InChI is InChI=1S/C8H7Cl3/c9-5-4-6-2-1-3-7(10)8(6)11/h1-3H,4-5H2. The van der Waals surface area contributed by atoms with E-state index in [1.807, 2.05) is 12.1 Å². The highest BCUT2D eigenvalue weighted by Crippen LogP contribution is 2.25. The van der Waals surface area contributed by atoms with Crippen LogP contribution in [0.5, 0.6) is 0 Å². The summed E-state index contributed by atoms with van der Waals surface area (Å²) in [5, 5.41) is 1.21.